The Kier molecular flexibility index (Phi) is 4.39. The molecule has 4 N–H and O–H groups in total. The van der Waals surface area contributed by atoms with Crippen molar-refractivity contribution in [3.63, 3.8) is 0 Å². The molecule has 7 nitrogen and oxygen atoms in total. The van der Waals surface area contributed by atoms with Crippen LogP contribution < -0.4 is 15.2 Å². The number of ether oxygens (including phenoxy) is 1. The first-order chi connectivity index (χ1) is 9.97. The Morgan fingerprint density at radius 1 is 1.29 bits per heavy atom. The van der Waals surface area contributed by atoms with Crippen molar-refractivity contribution < 1.29 is 13.2 Å². The lowest BCUT2D eigenvalue weighted by Crippen LogP contribution is -2.19. The number of hydrogen-bond donors (Lipinski definition) is 3. The van der Waals surface area contributed by atoms with E-state index in [4.69, 9.17) is 15.9 Å². The molecule has 1 aromatic carbocycles. The van der Waals surface area contributed by atoms with Crippen LogP contribution in [0.4, 0.5) is 5.69 Å². The molecule has 0 aliphatic heterocycles. The molecule has 0 fully saturated rings. The molecule has 21 heavy (non-hydrogen) atoms. The van der Waals surface area contributed by atoms with Crippen molar-refractivity contribution in [1.82, 2.24) is 4.98 Å². The molecule has 0 radical (unpaired) electrons. The van der Waals surface area contributed by atoms with E-state index in [0.717, 1.165) is 0 Å². The van der Waals surface area contributed by atoms with Crippen LogP contribution in [0.2, 0.25) is 0 Å². The molecule has 0 aliphatic carbocycles. The minimum absolute atomic E-state index is 0.0131. The average molecular weight is 306 g/mol. The van der Waals surface area contributed by atoms with Gasteiger partial charge in [-0.15, -0.1) is 0 Å². The first-order valence-electron chi connectivity index (χ1n) is 5.96. The molecule has 0 spiro atoms. The summed E-state index contributed by atoms with van der Waals surface area (Å²) in [5.41, 5.74) is 5.58. The van der Waals surface area contributed by atoms with Gasteiger partial charge in [0.25, 0.3) is 10.0 Å². The number of pyridine rings is 1. The zero-order chi connectivity index (χ0) is 15.3. The van der Waals surface area contributed by atoms with Crippen molar-refractivity contribution in [3.05, 3.63) is 48.8 Å². The number of hydrogen-bond acceptors (Lipinski definition) is 5. The summed E-state index contributed by atoms with van der Waals surface area (Å²) >= 11 is 0. The van der Waals surface area contributed by atoms with Crippen molar-refractivity contribution in [2.24, 2.45) is 5.73 Å². The van der Waals surface area contributed by atoms with Gasteiger partial charge in [0.1, 0.15) is 23.1 Å². The molecule has 2 aromatic rings. The SMILES string of the molecule is N=C(N)COc1ccc(NS(=O)(=O)c2cccnc2)cc1. The summed E-state index contributed by atoms with van der Waals surface area (Å²) in [5.74, 6) is 0.408. The van der Waals surface area contributed by atoms with Gasteiger partial charge in [-0.25, -0.2) is 8.42 Å². The van der Waals surface area contributed by atoms with Crippen LogP contribution in [0.15, 0.2) is 53.7 Å². The Labute approximate surface area is 122 Å². The molecule has 110 valence electrons. The second-order valence-electron chi connectivity index (χ2n) is 4.13. The molecule has 0 unspecified atom stereocenters. The number of rotatable bonds is 6. The number of aromatic nitrogens is 1. The summed E-state index contributed by atoms with van der Waals surface area (Å²) in [6, 6.07) is 9.30. The monoisotopic (exact) mass is 306 g/mol. The third kappa shape index (κ3) is 4.18. The zero-order valence-corrected chi connectivity index (χ0v) is 11.8. The predicted molar refractivity (Wildman–Crippen MR) is 78.9 cm³/mol. The number of anilines is 1. The van der Waals surface area contributed by atoms with Crippen LogP contribution in [0.3, 0.4) is 0 Å². The second-order valence-corrected chi connectivity index (χ2v) is 5.81. The molecule has 8 heteroatoms. The molecule has 1 heterocycles. The summed E-state index contributed by atoms with van der Waals surface area (Å²) in [5, 5.41) is 7.05. The normalized spacial score (nSPS) is 10.9. The van der Waals surface area contributed by atoms with E-state index in [2.05, 4.69) is 9.71 Å². The van der Waals surface area contributed by atoms with Gasteiger partial charge < -0.3 is 10.5 Å². The average Bonchev–Trinajstić information content (AvgIpc) is 2.47. The van der Waals surface area contributed by atoms with Gasteiger partial charge >= 0.3 is 0 Å². The fourth-order valence-corrected chi connectivity index (χ4v) is 2.52. The van der Waals surface area contributed by atoms with E-state index in [-0.39, 0.29) is 17.3 Å². The Morgan fingerprint density at radius 2 is 2.00 bits per heavy atom. The maximum absolute atomic E-state index is 12.1. The molecule has 0 atom stereocenters. The molecule has 2 rings (SSSR count). The largest absolute Gasteiger partial charge is 0.486 e. The standard InChI is InChI=1S/C13H14N4O3S/c14-13(15)9-20-11-5-3-10(4-6-11)17-21(18,19)12-2-1-7-16-8-12/h1-8,17H,9H2,(H3,14,15). The number of nitrogens with one attached hydrogen (secondary N) is 2. The summed E-state index contributed by atoms with van der Waals surface area (Å²) in [4.78, 5) is 3.86. The molecule has 0 saturated heterocycles. The van der Waals surface area contributed by atoms with Gasteiger partial charge in [-0.05, 0) is 36.4 Å². The molecular weight excluding hydrogens is 292 g/mol. The van der Waals surface area contributed by atoms with Crippen LogP contribution in [-0.2, 0) is 10.0 Å². The molecule has 0 aliphatic rings. The van der Waals surface area contributed by atoms with Crippen LogP contribution in [0.5, 0.6) is 5.75 Å². The van der Waals surface area contributed by atoms with Crippen LogP contribution in [0, 0.1) is 5.41 Å². The lowest BCUT2D eigenvalue weighted by atomic mass is 10.3. The molecule has 0 amide bonds. The van der Waals surface area contributed by atoms with E-state index >= 15 is 0 Å². The Morgan fingerprint density at radius 3 is 2.57 bits per heavy atom. The fraction of sp³-hybridized carbons (Fsp3) is 0.0769. The highest BCUT2D eigenvalue weighted by Crippen LogP contribution is 2.19. The number of nitrogens with two attached hydrogens (primary N) is 1. The second kappa shape index (κ2) is 6.23. The highest BCUT2D eigenvalue weighted by molar-refractivity contribution is 7.92. The van der Waals surface area contributed by atoms with E-state index in [9.17, 15) is 8.42 Å². The molecule has 1 aromatic heterocycles. The van der Waals surface area contributed by atoms with Crippen LogP contribution >= 0.6 is 0 Å². The van der Waals surface area contributed by atoms with E-state index in [1.54, 1.807) is 30.3 Å². The van der Waals surface area contributed by atoms with E-state index in [1.165, 1.54) is 18.5 Å². The Bertz CT molecular complexity index is 715. The quantitative estimate of drug-likeness (QED) is 0.547. The maximum atomic E-state index is 12.1. The number of benzene rings is 1. The topological polar surface area (TPSA) is 118 Å². The van der Waals surface area contributed by atoms with Crippen molar-refractivity contribution >= 4 is 21.5 Å². The van der Waals surface area contributed by atoms with Crippen molar-refractivity contribution in [2.45, 2.75) is 4.90 Å². The maximum Gasteiger partial charge on any atom is 0.263 e. The van der Waals surface area contributed by atoms with Crippen molar-refractivity contribution in [1.29, 1.82) is 5.41 Å². The van der Waals surface area contributed by atoms with Gasteiger partial charge in [0.2, 0.25) is 0 Å². The highest BCUT2D eigenvalue weighted by atomic mass is 32.2. The lowest BCUT2D eigenvalue weighted by Gasteiger charge is -2.09. The third-order valence-corrected chi connectivity index (χ3v) is 3.81. The van der Waals surface area contributed by atoms with Gasteiger partial charge in [-0.3, -0.25) is 15.1 Å². The van der Waals surface area contributed by atoms with E-state index in [1.807, 2.05) is 0 Å². The minimum Gasteiger partial charge on any atom is -0.486 e. The summed E-state index contributed by atoms with van der Waals surface area (Å²) in [6.45, 7) is -0.0131. The minimum atomic E-state index is -3.66. The molecular formula is C13H14N4O3S. The van der Waals surface area contributed by atoms with Gasteiger partial charge in [-0.2, -0.15) is 0 Å². The van der Waals surface area contributed by atoms with Crippen molar-refractivity contribution in [2.75, 3.05) is 11.3 Å². The summed E-state index contributed by atoms with van der Waals surface area (Å²) in [6.07, 6.45) is 2.77. The first kappa shape index (κ1) is 14.8. The fourth-order valence-electron chi connectivity index (χ4n) is 1.50. The number of amidine groups is 1. The smallest absolute Gasteiger partial charge is 0.263 e. The lowest BCUT2D eigenvalue weighted by molar-refractivity contribution is 0.374. The summed E-state index contributed by atoms with van der Waals surface area (Å²) < 4.78 is 31.8. The number of sulfonamides is 1. The van der Waals surface area contributed by atoms with Crippen LogP contribution in [0.25, 0.3) is 0 Å². The van der Waals surface area contributed by atoms with E-state index < -0.39 is 10.0 Å². The first-order valence-corrected chi connectivity index (χ1v) is 7.44. The third-order valence-electron chi connectivity index (χ3n) is 2.45. The number of nitrogens with zero attached hydrogens (tertiary/aromatic N) is 1. The molecule has 0 bridgehead atoms. The van der Waals surface area contributed by atoms with E-state index in [0.29, 0.717) is 11.4 Å². The van der Waals surface area contributed by atoms with Crippen LogP contribution in [-0.4, -0.2) is 25.8 Å². The Balaban J connectivity index is 2.08. The van der Waals surface area contributed by atoms with Crippen LogP contribution in [0.1, 0.15) is 0 Å². The van der Waals surface area contributed by atoms with Gasteiger partial charge in [-0.1, -0.05) is 0 Å². The van der Waals surface area contributed by atoms with Gasteiger partial charge in [0.05, 0.1) is 0 Å². The van der Waals surface area contributed by atoms with Gasteiger partial charge in [0, 0.05) is 18.1 Å². The van der Waals surface area contributed by atoms with Crippen molar-refractivity contribution in [3.8, 4) is 5.75 Å². The van der Waals surface area contributed by atoms with Gasteiger partial charge in [0.15, 0.2) is 0 Å². The predicted octanol–water partition coefficient (Wildman–Crippen LogP) is 1.20. The molecule has 0 saturated carbocycles. The zero-order valence-electron chi connectivity index (χ0n) is 11.0. The summed E-state index contributed by atoms with van der Waals surface area (Å²) in [7, 11) is -3.66. The Hall–Kier alpha value is -2.61. The highest BCUT2D eigenvalue weighted by Gasteiger charge is 2.13.